The molecular formula is C17H20FNO2. The van der Waals surface area contributed by atoms with Crippen molar-refractivity contribution in [2.45, 2.75) is 25.5 Å². The lowest BCUT2D eigenvalue weighted by atomic mass is 9.99. The first-order valence-corrected chi connectivity index (χ1v) is 6.96. The maximum atomic E-state index is 13.0. The van der Waals surface area contributed by atoms with Crippen LogP contribution < -0.4 is 15.2 Å². The van der Waals surface area contributed by atoms with Gasteiger partial charge in [-0.2, -0.15) is 0 Å². The first-order chi connectivity index (χ1) is 10.2. The molecule has 0 aliphatic carbocycles. The second kappa shape index (κ2) is 7.09. The van der Waals surface area contributed by atoms with E-state index in [0.29, 0.717) is 5.75 Å². The number of nitrogens with two attached hydrogens (primary N) is 1. The van der Waals surface area contributed by atoms with Crippen molar-refractivity contribution in [3.8, 4) is 11.5 Å². The predicted octanol–water partition coefficient (Wildman–Crippen LogP) is 3.69. The minimum Gasteiger partial charge on any atom is -0.496 e. The molecule has 0 amide bonds. The zero-order valence-corrected chi connectivity index (χ0v) is 12.3. The third kappa shape index (κ3) is 3.73. The predicted molar refractivity (Wildman–Crippen MR) is 81.0 cm³/mol. The summed E-state index contributed by atoms with van der Waals surface area (Å²) in [6.45, 7) is 2.00. The quantitative estimate of drug-likeness (QED) is 0.882. The fraction of sp³-hybridized carbons (Fsp3) is 0.294. The summed E-state index contributed by atoms with van der Waals surface area (Å²) in [6.07, 6.45) is 0.404. The highest BCUT2D eigenvalue weighted by Gasteiger charge is 2.23. The van der Waals surface area contributed by atoms with Crippen LogP contribution in [0.25, 0.3) is 0 Å². The Morgan fingerprint density at radius 3 is 2.38 bits per heavy atom. The summed E-state index contributed by atoms with van der Waals surface area (Å²) < 4.78 is 24.4. The molecule has 2 unspecified atom stereocenters. The SMILES string of the molecule is CCC(N)C(Oc1ccc(F)cc1)c1ccccc1OC. The van der Waals surface area contributed by atoms with Crippen LogP contribution in [0.3, 0.4) is 0 Å². The standard InChI is InChI=1S/C17H20FNO2/c1-3-15(19)17(14-6-4-5-7-16(14)20-2)21-13-10-8-12(18)9-11-13/h4-11,15,17H,3,19H2,1-2H3. The molecule has 0 saturated carbocycles. The zero-order valence-electron chi connectivity index (χ0n) is 12.3. The lowest BCUT2D eigenvalue weighted by molar-refractivity contribution is 0.167. The van der Waals surface area contributed by atoms with Gasteiger partial charge < -0.3 is 15.2 Å². The van der Waals surface area contributed by atoms with E-state index in [0.717, 1.165) is 17.7 Å². The van der Waals surface area contributed by atoms with E-state index >= 15 is 0 Å². The van der Waals surface area contributed by atoms with E-state index in [-0.39, 0.29) is 18.0 Å². The summed E-state index contributed by atoms with van der Waals surface area (Å²) in [7, 11) is 1.62. The van der Waals surface area contributed by atoms with Crippen LogP contribution in [0.1, 0.15) is 25.0 Å². The molecule has 21 heavy (non-hydrogen) atoms. The van der Waals surface area contributed by atoms with E-state index in [1.807, 2.05) is 31.2 Å². The number of halogens is 1. The Kier molecular flexibility index (Phi) is 5.17. The van der Waals surface area contributed by atoms with Crippen LogP contribution in [-0.2, 0) is 0 Å². The number of methoxy groups -OCH3 is 1. The molecule has 2 aromatic rings. The second-order valence-corrected chi connectivity index (χ2v) is 4.81. The average Bonchev–Trinajstić information content (AvgIpc) is 2.53. The van der Waals surface area contributed by atoms with Crippen molar-refractivity contribution in [2.75, 3.05) is 7.11 Å². The third-order valence-corrected chi connectivity index (χ3v) is 3.38. The van der Waals surface area contributed by atoms with E-state index < -0.39 is 0 Å². The molecule has 0 fully saturated rings. The third-order valence-electron chi connectivity index (χ3n) is 3.38. The summed E-state index contributed by atoms with van der Waals surface area (Å²) in [5.41, 5.74) is 7.08. The van der Waals surface area contributed by atoms with Crippen LogP contribution in [0.5, 0.6) is 11.5 Å². The molecule has 0 heterocycles. The first-order valence-electron chi connectivity index (χ1n) is 6.96. The molecule has 0 aromatic heterocycles. The molecule has 0 bridgehead atoms. The van der Waals surface area contributed by atoms with Crippen LogP contribution in [0.4, 0.5) is 4.39 Å². The Labute approximate surface area is 124 Å². The zero-order chi connectivity index (χ0) is 15.2. The van der Waals surface area contributed by atoms with Crippen LogP contribution >= 0.6 is 0 Å². The normalized spacial score (nSPS) is 13.5. The van der Waals surface area contributed by atoms with Crippen LogP contribution in [-0.4, -0.2) is 13.2 Å². The van der Waals surface area contributed by atoms with Crippen molar-refractivity contribution in [1.29, 1.82) is 0 Å². The van der Waals surface area contributed by atoms with E-state index in [2.05, 4.69) is 0 Å². The number of rotatable bonds is 6. The molecule has 3 nitrogen and oxygen atoms in total. The van der Waals surface area contributed by atoms with E-state index in [4.69, 9.17) is 15.2 Å². The van der Waals surface area contributed by atoms with Gasteiger partial charge in [-0.15, -0.1) is 0 Å². The van der Waals surface area contributed by atoms with Gasteiger partial charge >= 0.3 is 0 Å². The van der Waals surface area contributed by atoms with Gasteiger partial charge in [0.1, 0.15) is 23.4 Å². The average molecular weight is 289 g/mol. The van der Waals surface area contributed by atoms with E-state index in [1.165, 1.54) is 12.1 Å². The minimum absolute atomic E-state index is 0.189. The van der Waals surface area contributed by atoms with Gasteiger partial charge in [-0.05, 0) is 36.8 Å². The number of ether oxygens (including phenoxy) is 2. The highest BCUT2D eigenvalue weighted by atomic mass is 19.1. The highest BCUT2D eigenvalue weighted by molar-refractivity contribution is 5.37. The molecule has 0 saturated heterocycles. The summed E-state index contributed by atoms with van der Waals surface area (Å²) in [6, 6.07) is 13.4. The van der Waals surface area contributed by atoms with Gasteiger partial charge in [0.2, 0.25) is 0 Å². The van der Waals surface area contributed by atoms with Crippen molar-refractivity contribution in [3.63, 3.8) is 0 Å². The van der Waals surface area contributed by atoms with Crippen molar-refractivity contribution < 1.29 is 13.9 Å². The fourth-order valence-electron chi connectivity index (χ4n) is 2.16. The van der Waals surface area contributed by atoms with Gasteiger partial charge in [0.25, 0.3) is 0 Å². The Morgan fingerprint density at radius 1 is 1.10 bits per heavy atom. The monoisotopic (exact) mass is 289 g/mol. The summed E-state index contributed by atoms with van der Waals surface area (Å²) in [4.78, 5) is 0. The maximum Gasteiger partial charge on any atom is 0.142 e. The molecule has 2 aromatic carbocycles. The van der Waals surface area contributed by atoms with Crippen LogP contribution in [0.2, 0.25) is 0 Å². The van der Waals surface area contributed by atoms with Crippen molar-refractivity contribution in [2.24, 2.45) is 5.73 Å². The van der Waals surface area contributed by atoms with Gasteiger partial charge in [0.05, 0.1) is 7.11 Å². The smallest absolute Gasteiger partial charge is 0.142 e. The lowest BCUT2D eigenvalue weighted by Crippen LogP contribution is -2.31. The summed E-state index contributed by atoms with van der Waals surface area (Å²) in [5, 5.41) is 0. The van der Waals surface area contributed by atoms with Crippen molar-refractivity contribution in [3.05, 3.63) is 59.9 Å². The molecule has 112 valence electrons. The summed E-state index contributed by atoms with van der Waals surface area (Å²) >= 11 is 0. The minimum atomic E-state index is -0.350. The number of hydrogen-bond donors (Lipinski definition) is 1. The van der Waals surface area contributed by atoms with Crippen molar-refractivity contribution >= 4 is 0 Å². The van der Waals surface area contributed by atoms with Crippen LogP contribution in [0.15, 0.2) is 48.5 Å². The van der Waals surface area contributed by atoms with Crippen LogP contribution in [0, 0.1) is 5.82 Å². The molecular weight excluding hydrogens is 269 g/mol. The fourth-order valence-corrected chi connectivity index (χ4v) is 2.16. The van der Waals surface area contributed by atoms with Gasteiger partial charge in [0.15, 0.2) is 0 Å². The highest BCUT2D eigenvalue weighted by Crippen LogP contribution is 2.31. The number of hydrogen-bond acceptors (Lipinski definition) is 3. The molecule has 2 atom stereocenters. The van der Waals surface area contributed by atoms with E-state index in [1.54, 1.807) is 19.2 Å². The van der Waals surface area contributed by atoms with Gasteiger partial charge in [0, 0.05) is 11.6 Å². The lowest BCUT2D eigenvalue weighted by Gasteiger charge is -2.26. The molecule has 0 radical (unpaired) electrons. The van der Waals surface area contributed by atoms with Gasteiger partial charge in [-0.3, -0.25) is 0 Å². The molecule has 2 rings (SSSR count). The van der Waals surface area contributed by atoms with Gasteiger partial charge in [-0.25, -0.2) is 4.39 Å². The maximum absolute atomic E-state index is 13.0. The Bertz CT molecular complexity index is 571. The number of benzene rings is 2. The molecule has 0 aliphatic rings. The first kappa shape index (κ1) is 15.3. The Morgan fingerprint density at radius 2 is 1.76 bits per heavy atom. The number of para-hydroxylation sites is 1. The Balaban J connectivity index is 2.32. The molecule has 0 aliphatic heterocycles. The molecule has 0 spiro atoms. The Hall–Kier alpha value is -2.07. The topological polar surface area (TPSA) is 44.5 Å². The summed E-state index contributed by atoms with van der Waals surface area (Å²) in [5.74, 6) is 1.01. The second-order valence-electron chi connectivity index (χ2n) is 4.81. The van der Waals surface area contributed by atoms with Gasteiger partial charge in [-0.1, -0.05) is 25.1 Å². The van der Waals surface area contributed by atoms with E-state index in [9.17, 15) is 4.39 Å². The molecule has 4 heteroatoms. The molecule has 2 N–H and O–H groups in total. The van der Waals surface area contributed by atoms with Crippen molar-refractivity contribution in [1.82, 2.24) is 0 Å². The largest absolute Gasteiger partial charge is 0.496 e.